The zero-order valence-electron chi connectivity index (χ0n) is 9.29. The molecule has 0 amide bonds. The van der Waals surface area contributed by atoms with Crippen LogP contribution in [-0.4, -0.2) is 37.6 Å². The lowest BCUT2D eigenvalue weighted by atomic mass is 10.1. The van der Waals surface area contributed by atoms with E-state index in [9.17, 15) is 0 Å². The maximum atomic E-state index is 5.74. The van der Waals surface area contributed by atoms with Crippen LogP contribution in [0.15, 0.2) is 0 Å². The Morgan fingerprint density at radius 2 is 1.92 bits per heavy atom. The highest BCUT2D eigenvalue weighted by Gasteiger charge is 2.04. The monoisotopic (exact) mass is 187 g/mol. The summed E-state index contributed by atoms with van der Waals surface area (Å²) in [5.74, 6) is 0.802. The minimum Gasteiger partial charge on any atom is -0.329 e. The Labute approximate surface area is 82.5 Å². The lowest BCUT2D eigenvalue weighted by Crippen LogP contribution is -2.40. The second kappa shape index (κ2) is 7.30. The van der Waals surface area contributed by atoms with Gasteiger partial charge in [-0.3, -0.25) is 0 Å². The van der Waals surface area contributed by atoms with Crippen LogP contribution in [-0.2, 0) is 0 Å². The molecular formula is C10H25N3. The number of nitrogens with two attached hydrogens (primary N) is 2. The molecule has 1 atom stereocenters. The topological polar surface area (TPSA) is 55.3 Å². The van der Waals surface area contributed by atoms with Crippen molar-refractivity contribution in [3.63, 3.8) is 0 Å². The Balaban J connectivity index is 3.34. The van der Waals surface area contributed by atoms with Gasteiger partial charge in [0.05, 0.1) is 0 Å². The minimum absolute atomic E-state index is 0.129. The Kier molecular flexibility index (Phi) is 7.23. The third-order valence-corrected chi connectivity index (χ3v) is 2.17. The Morgan fingerprint density at radius 3 is 2.38 bits per heavy atom. The zero-order chi connectivity index (χ0) is 10.3. The van der Waals surface area contributed by atoms with Gasteiger partial charge in [-0.25, -0.2) is 0 Å². The Hall–Kier alpha value is -0.120. The lowest BCUT2D eigenvalue weighted by Gasteiger charge is -2.20. The summed E-state index contributed by atoms with van der Waals surface area (Å²) in [7, 11) is 2.11. The van der Waals surface area contributed by atoms with E-state index in [1.807, 2.05) is 0 Å². The molecule has 0 aromatic heterocycles. The van der Waals surface area contributed by atoms with Crippen molar-refractivity contribution >= 4 is 0 Å². The van der Waals surface area contributed by atoms with E-state index in [0.717, 1.165) is 19.0 Å². The summed E-state index contributed by atoms with van der Waals surface area (Å²) in [6.07, 6.45) is 2.55. The molecule has 1 unspecified atom stereocenters. The van der Waals surface area contributed by atoms with Crippen molar-refractivity contribution in [3.05, 3.63) is 0 Å². The van der Waals surface area contributed by atoms with E-state index in [-0.39, 0.29) is 6.04 Å². The van der Waals surface area contributed by atoms with Crippen molar-refractivity contribution in [2.45, 2.75) is 32.7 Å². The first-order valence-corrected chi connectivity index (χ1v) is 5.20. The molecule has 80 valence electrons. The quantitative estimate of drug-likeness (QED) is 0.615. The molecule has 0 aromatic rings. The average Bonchev–Trinajstić information content (AvgIpc) is 2.03. The summed E-state index contributed by atoms with van der Waals surface area (Å²) < 4.78 is 0. The van der Waals surface area contributed by atoms with Crippen molar-refractivity contribution in [1.29, 1.82) is 0 Å². The predicted octanol–water partition coefficient (Wildman–Crippen LogP) is 0.640. The predicted molar refractivity (Wildman–Crippen MR) is 58.6 cm³/mol. The summed E-state index contributed by atoms with van der Waals surface area (Å²) in [6.45, 7) is 7.13. The van der Waals surface area contributed by atoms with Crippen molar-refractivity contribution in [2.75, 3.05) is 26.7 Å². The molecule has 0 aliphatic carbocycles. The highest BCUT2D eigenvalue weighted by Crippen LogP contribution is 2.03. The van der Waals surface area contributed by atoms with Gasteiger partial charge < -0.3 is 16.4 Å². The number of likely N-dealkylation sites (N-methyl/N-ethyl adjacent to an activating group) is 1. The molecule has 0 saturated carbocycles. The molecule has 3 heteroatoms. The molecule has 13 heavy (non-hydrogen) atoms. The van der Waals surface area contributed by atoms with Gasteiger partial charge in [-0.15, -0.1) is 0 Å². The van der Waals surface area contributed by atoms with Gasteiger partial charge in [-0.05, 0) is 32.4 Å². The largest absolute Gasteiger partial charge is 0.329 e. The van der Waals surface area contributed by atoms with Gasteiger partial charge in [0.1, 0.15) is 0 Å². The third-order valence-electron chi connectivity index (χ3n) is 2.17. The van der Waals surface area contributed by atoms with E-state index in [0.29, 0.717) is 6.54 Å². The van der Waals surface area contributed by atoms with E-state index in [4.69, 9.17) is 11.5 Å². The van der Waals surface area contributed by atoms with Crippen LogP contribution in [0.1, 0.15) is 26.7 Å². The van der Waals surface area contributed by atoms with E-state index in [2.05, 4.69) is 25.8 Å². The summed E-state index contributed by atoms with van der Waals surface area (Å²) in [5, 5.41) is 0. The molecule has 0 bridgehead atoms. The second-order valence-electron chi connectivity index (χ2n) is 4.29. The molecule has 0 aliphatic rings. The molecule has 4 N–H and O–H groups in total. The smallest absolute Gasteiger partial charge is 0.0292 e. The van der Waals surface area contributed by atoms with E-state index in [1.165, 1.54) is 12.8 Å². The number of rotatable bonds is 7. The molecule has 0 fully saturated rings. The highest BCUT2D eigenvalue weighted by molar-refractivity contribution is 4.66. The van der Waals surface area contributed by atoms with E-state index < -0.39 is 0 Å². The van der Waals surface area contributed by atoms with Crippen molar-refractivity contribution < 1.29 is 0 Å². The van der Waals surface area contributed by atoms with Crippen molar-refractivity contribution in [2.24, 2.45) is 17.4 Å². The number of nitrogens with zero attached hydrogens (tertiary/aromatic N) is 1. The van der Waals surface area contributed by atoms with Crippen LogP contribution in [0.25, 0.3) is 0 Å². The van der Waals surface area contributed by atoms with Crippen LogP contribution in [0.2, 0.25) is 0 Å². The number of hydrogen-bond donors (Lipinski definition) is 2. The van der Waals surface area contributed by atoms with Gasteiger partial charge in [0.25, 0.3) is 0 Å². The normalized spacial score (nSPS) is 14.1. The third kappa shape index (κ3) is 8.22. The molecule has 0 radical (unpaired) electrons. The van der Waals surface area contributed by atoms with Gasteiger partial charge in [-0.2, -0.15) is 0 Å². The first-order valence-electron chi connectivity index (χ1n) is 5.20. The molecule has 0 spiro atoms. The van der Waals surface area contributed by atoms with Crippen LogP contribution >= 0.6 is 0 Å². The SMILES string of the molecule is CC(C)CCCN(C)CC(N)CN. The fourth-order valence-electron chi connectivity index (χ4n) is 1.34. The van der Waals surface area contributed by atoms with E-state index >= 15 is 0 Å². The molecule has 0 aromatic carbocycles. The zero-order valence-corrected chi connectivity index (χ0v) is 9.29. The van der Waals surface area contributed by atoms with Crippen LogP contribution < -0.4 is 11.5 Å². The second-order valence-corrected chi connectivity index (χ2v) is 4.29. The van der Waals surface area contributed by atoms with Crippen LogP contribution in [0.4, 0.5) is 0 Å². The molecule has 0 aliphatic heterocycles. The standard InChI is InChI=1S/C10H25N3/c1-9(2)5-4-6-13(3)8-10(12)7-11/h9-10H,4-8,11-12H2,1-3H3. The first-order chi connectivity index (χ1) is 6.06. The van der Waals surface area contributed by atoms with Gasteiger partial charge in [0.15, 0.2) is 0 Å². The Bertz CT molecular complexity index is 115. The van der Waals surface area contributed by atoms with Crippen molar-refractivity contribution in [3.8, 4) is 0 Å². The molecule has 0 saturated heterocycles. The molecule has 0 rings (SSSR count). The van der Waals surface area contributed by atoms with Crippen LogP contribution in [0.3, 0.4) is 0 Å². The van der Waals surface area contributed by atoms with Gasteiger partial charge >= 0.3 is 0 Å². The lowest BCUT2D eigenvalue weighted by molar-refractivity contribution is 0.299. The van der Waals surface area contributed by atoms with Crippen molar-refractivity contribution in [1.82, 2.24) is 4.90 Å². The van der Waals surface area contributed by atoms with Crippen LogP contribution in [0, 0.1) is 5.92 Å². The fourth-order valence-corrected chi connectivity index (χ4v) is 1.34. The minimum atomic E-state index is 0.129. The summed E-state index contributed by atoms with van der Waals surface area (Å²) in [4.78, 5) is 2.26. The van der Waals surface area contributed by atoms with Gasteiger partial charge in [0.2, 0.25) is 0 Å². The Morgan fingerprint density at radius 1 is 1.31 bits per heavy atom. The maximum absolute atomic E-state index is 5.74. The number of hydrogen-bond acceptors (Lipinski definition) is 3. The molecule has 0 heterocycles. The summed E-state index contributed by atoms with van der Waals surface area (Å²) in [5.41, 5.74) is 11.2. The first kappa shape index (κ1) is 12.9. The fraction of sp³-hybridized carbons (Fsp3) is 1.00. The van der Waals surface area contributed by atoms with Crippen LogP contribution in [0.5, 0.6) is 0 Å². The van der Waals surface area contributed by atoms with E-state index in [1.54, 1.807) is 0 Å². The summed E-state index contributed by atoms with van der Waals surface area (Å²) >= 11 is 0. The molecule has 3 nitrogen and oxygen atoms in total. The average molecular weight is 187 g/mol. The highest BCUT2D eigenvalue weighted by atomic mass is 15.1. The van der Waals surface area contributed by atoms with Gasteiger partial charge in [0, 0.05) is 19.1 Å². The maximum Gasteiger partial charge on any atom is 0.0292 e. The summed E-state index contributed by atoms with van der Waals surface area (Å²) in [6, 6.07) is 0.129. The van der Waals surface area contributed by atoms with Gasteiger partial charge in [-0.1, -0.05) is 13.8 Å². The molecular weight excluding hydrogens is 162 g/mol.